The van der Waals surface area contributed by atoms with Crippen molar-refractivity contribution in [3.8, 4) is 11.3 Å². The van der Waals surface area contributed by atoms with Crippen molar-refractivity contribution in [3.63, 3.8) is 0 Å². The predicted octanol–water partition coefficient (Wildman–Crippen LogP) is 6.20. The number of amides is 1. The van der Waals surface area contributed by atoms with Gasteiger partial charge in [0.15, 0.2) is 5.76 Å². The zero-order chi connectivity index (χ0) is 19.5. The third-order valence-electron chi connectivity index (χ3n) is 5.24. The van der Waals surface area contributed by atoms with Crippen molar-refractivity contribution in [3.05, 3.63) is 70.9 Å². The molecule has 1 N–H and O–H groups in total. The molecule has 28 heavy (non-hydrogen) atoms. The second-order valence-electron chi connectivity index (χ2n) is 7.31. The van der Waals surface area contributed by atoms with Crippen LogP contribution in [0.4, 0.5) is 11.4 Å². The van der Waals surface area contributed by atoms with Crippen LogP contribution in [0.1, 0.15) is 30.3 Å². The van der Waals surface area contributed by atoms with E-state index in [-0.39, 0.29) is 5.91 Å². The van der Waals surface area contributed by atoms with Crippen LogP contribution in [0.15, 0.2) is 69.6 Å². The lowest BCUT2D eigenvalue weighted by Crippen LogP contribution is -2.33. The summed E-state index contributed by atoms with van der Waals surface area (Å²) in [5.41, 5.74) is 2.83. The van der Waals surface area contributed by atoms with Crippen molar-refractivity contribution in [1.82, 2.24) is 0 Å². The van der Waals surface area contributed by atoms with E-state index in [1.54, 1.807) is 6.07 Å². The molecule has 2 heterocycles. The second-order valence-corrected chi connectivity index (χ2v) is 8.23. The Hall–Kier alpha value is -2.53. The molecule has 0 spiro atoms. The Bertz CT molecular complexity index is 957. The summed E-state index contributed by atoms with van der Waals surface area (Å²) >= 11 is 3.43. The largest absolute Gasteiger partial charge is 0.451 e. The van der Waals surface area contributed by atoms with Crippen LogP contribution in [-0.4, -0.2) is 19.0 Å². The van der Waals surface area contributed by atoms with E-state index in [0.717, 1.165) is 40.4 Å². The molecule has 1 saturated heterocycles. The molecule has 1 aromatic heterocycles. The highest BCUT2D eigenvalue weighted by molar-refractivity contribution is 9.10. The first-order valence-corrected chi connectivity index (χ1v) is 10.4. The first-order valence-electron chi connectivity index (χ1n) is 9.61. The molecule has 0 bridgehead atoms. The van der Waals surface area contributed by atoms with E-state index in [0.29, 0.717) is 11.5 Å². The van der Waals surface area contributed by atoms with Gasteiger partial charge in [0.25, 0.3) is 5.91 Å². The van der Waals surface area contributed by atoms with Gasteiger partial charge in [-0.3, -0.25) is 4.79 Å². The molecule has 1 aliphatic rings. The number of anilines is 2. The van der Waals surface area contributed by atoms with Gasteiger partial charge in [-0.2, -0.15) is 0 Å². The maximum absolute atomic E-state index is 12.8. The third-order valence-corrected chi connectivity index (χ3v) is 5.76. The van der Waals surface area contributed by atoms with Gasteiger partial charge in [-0.15, -0.1) is 0 Å². The van der Waals surface area contributed by atoms with Crippen molar-refractivity contribution in [2.75, 3.05) is 23.3 Å². The quantitative estimate of drug-likeness (QED) is 0.527. The topological polar surface area (TPSA) is 45.5 Å². The Morgan fingerprint density at radius 1 is 1.04 bits per heavy atom. The van der Waals surface area contributed by atoms with Crippen molar-refractivity contribution in [2.24, 2.45) is 5.92 Å². The van der Waals surface area contributed by atoms with Crippen LogP contribution in [0.5, 0.6) is 0 Å². The number of carbonyl (C=O) groups excluding carboxylic acids is 1. The average molecular weight is 439 g/mol. The van der Waals surface area contributed by atoms with E-state index in [4.69, 9.17) is 4.42 Å². The fraction of sp³-hybridized carbons (Fsp3) is 0.261. The first-order chi connectivity index (χ1) is 13.6. The highest BCUT2D eigenvalue weighted by Gasteiger charge is 2.20. The Labute approximate surface area is 173 Å². The van der Waals surface area contributed by atoms with Crippen molar-refractivity contribution in [1.29, 1.82) is 0 Å². The van der Waals surface area contributed by atoms with Crippen LogP contribution >= 0.6 is 15.9 Å². The first kappa shape index (κ1) is 18.8. The van der Waals surface area contributed by atoms with E-state index in [2.05, 4.69) is 39.1 Å². The SMILES string of the molecule is CC1CCN(c2ccccc2NC(=O)c2ccc(-c3ccc(Br)cc3)o2)CC1. The Morgan fingerprint density at radius 3 is 2.50 bits per heavy atom. The van der Waals surface area contributed by atoms with Crippen molar-refractivity contribution in [2.45, 2.75) is 19.8 Å². The van der Waals surface area contributed by atoms with Gasteiger partial charge < -0.3 is 14.6 Å². The van der Waals surface area contributed by atoms with Gasteiger partial charge in [-0.05, 0) is 55.2 Å². The molecule has 4 rings (SSSR count). The summed E-state index contributed by atoms with van der Waals surface area (Å²) < 4.78 is 6.81. The van der Waals surface area contributed by atoms with Crippen LogP contribution in [0.2, 0.25) is 0 Å². The standard InChI is InChI=1S/C23H23BrN2O2/c1-16-12-14-26(15-13-16)20-5-3-2-4-19(20)25-23(27)22-11-10-21(28-22)17-6-8-18(24)9-7-17/h2-11,16H,12-15H2,1H3,(H,25,27). The molecular formula is C23H23BrN2O2. The summed E-state index contributed by atoms with van der Waals surface area (Å²) in [5, 5.41) is 3.03. The molecule has 0 saturated carbocycles. The lowest BCUT2D eigenvalue weighted by Gasteiger charge is -2.33. The number of hydrogen-bond donors (Lipinski definition) is 1. The summed E-state index contributed by atoms with van der Waals surface area (Å²) in [6.07, 6.45) is 2.36. The maximum atomic E-state index is 12.8. The van der Waals surface area contributed by atoms with Gasteiger partial charge in [0.05, 0.1) is 11.4 Å². The van der Waals surface area contributed by atoms with Gasteiger partial charge in [0.2, 0.25) is 0 Å². The predicted molar refractivity (Wildman–Crippen MR) is 117 cm³/mol. The minimum Gasteiger partial charge on any atom is -0.451 e. The molecule has 1 fully saturated rings. The number of halogens is 1. The summed E-state index contributed by atoms with van der Waals surface area (Å²) in [7, 11) is 0. The molecule has 1 amide bonds. The number of para-hydroxylation sites is 2. The molecule has 144 valence electrons. The minimum absolute atomic E-state index is 0.235. The fourth-order valence-corrected chi connectivity index (χ4v) is 3.78. The number of piperidine rings is 1. The zero-order valence-electron chi connectivity index (χ0n) is 15.8. The minimum atomic E-state index is -0.235. The number of furan rings is 1. The lowest BCUT2D eigenvalue weighted by atomic mass is 9.98. The number of benzene rings is 2. The van der Waals surface area contributed by atoms with E-state index < -0.39 is 0 Å². The van der Waals surface area contributed by atoms with Crippen LogP contribution < -0.4 is 10.2 Å². The Kier molecular flexibility index (Phi) is 5.53. The van der Waals surface area contributed by atoms with Gasteiger partial charge in [-0.25, -0.2) is 0 Å². The molecule has 2 aromatic carbocycles. The van der Waals surface area contributed by atoms with E-state index in [1.165, 1.54) is 12.8 Å². The maximum Gasteiger partial charge on any atom is 0.291 e. The molecule has 0 radical (unpaired) electrons. The molecule has 5 heteroatoms. The monoisotopic (exact) mass is 438 g/mol. The highest BCUT2D eigenvalue weighted by Crippen LogP contribution is 2.30. The van der Waals surface area contributed by atoms with Crippen LogP contribution in [0, 0.1) is 5.92 Å². The molecule has 0 atom stereocenters. The summed E-state index contributed by atoms with van der Waals surface area (Å²) in [4.78, 5) is 15.1. The van der Waals surface area contributed by atoms with Crippen LogP contribution in [-0.2, 0) is 0 Å². The zero-order valence-corrected chi connectivity index (χ0v) is 17.4. The van der Waals surface area contributed by atoms with Gasteiger partial charge in [0, 0.05) is 23.1 Å². The normalized spacial score (nSPS) is 14.9. The van der Waals surface area contributed by atoms with Gasteiger partial charge in [-0.1, -0.05) is 47.1 Å². The number of carbonyl (C=O) groups is 1. The summed E-state index contributed by atoms with van der Waals surface area (Å²) in [5.74, 6) is 1.51. The Balaban J connectivity index is 1.51. The van der Waals surface area contributed by atoms with Crippen LogP contribution in [0.3, 0.4) is 0 Å². The summed E-state index contributed by atoms with van der Waals surface area (Å²) in [6, 6.07) is 19.3. The molecule has 1 aliphatic heterocycles. The highest BCUT2D eigenvalue weighted by atomic mass is 79.9. The third kappa shape index (κ3) is 4.14. The van der Waals surface area contributed by atoms with Gasteiger partial charge in [0.1, 0.15) is 5.76 Å². The van der Waals surface area contributed by atoms with Crippen LogP contribution in [0.25, 0.3) is 11.3 Å². The average Bonchev–Trinajstić information content (AvgIpc) is 3.20. The number of nitrogens with zero attached hydrogens (tertiary/aromatic N) is 1. The smallest absolute Gasteiger partial charge is 0.291 e. The van der Waals surface area contributed by atoms with E-state index in [9.17, 15) is 4.79 Å². The van der Waals surface area contributed by atoms with Gasteiger partial charge >= 0.3 is 0 Å². The molecular weight excluding hydrogens is 416 g/mol. The summed E-state index contributed by atoms with van der Waals surface area (Å²) in [6.45, 7) is 4.33. The molecule has 0 aliphatic carbocycles. The van der Waals surface area contributed by atoms with E-state index >= 15 is 0 Å². The number of rotatable bonds is 4. The van der Waals surface area contributed by atoms with Crippen molar-refractivity contribution >= 4 is 33.2 Å². The molecule has 0 unspecified atom stereocenters. The molecule has 4 nitrogen and oxygen atoms in total. The van der Waals surface area contributed by atoms with E-state index in [1.807, 2.05) is 48.5 Å². The number of hydrogen-bond acceptors (Lipinski definition) is 3. The Morgan fingerprint density at radius 2 is 1.75 bits per heavy atom. The lowest BCUT2D eigenvalue weighted by molar-refractivity contribution is 0.0997. The fourth-order valence-electron chi connectivity index (χ4n) is 3.52. The van der Waals surface area contributed by atoms with Crippen molar-refractivity contribution < 1.29 is 9.21 Å². The second kappa shape index (κ2) is 8.23. The molecule has 3 aromatic rings. The number of nitrogens with one attached hydrogen (secondary N) is 1.